The summed E-state index contributed by atoms with van der Waals surface area (Å²) in [7, 11) is 0. The first-order valence-electron chi connectivity index (χ1n) is 8.57. The molecule has 0 spiro atoms. The quantitative estimate of drug-likeness (QED) is 0.649. The summed E-state index contributed by atoms with van der Waals surface area (Å²) in [4.78, 5) is 28.6. The molecule has 0 saturated carbocycles. The number of nitrogens with zero attached hydrogens (tertiary/aromatic N) is 2. The zero-order valence-corrected chi connectivity index (χ0v) is 15.5. The van der Waals surface area contributed by atoms with Gasteiger partial charge < -0.3 is 10.6 Å². The van der Waals surface area contributed by atoms with Crippen LogP contribution in [0.1, 0.15) is 27.3 Å². The van der Waals surface area contributed by atoms with Crippen molar-refractivity contribution in [1.29, 1.82) is 0 Å². The van der Waals surface area contributed by atoms with E-state index < -0.39 is 0 Å². The first-order valence-corrected chi connectivity index (χ1v) is 8.57. The zero-order chi connectivity index (χ0) is 19.4. The minimum absolute atomic E-state index is 0.115. The van der Waals surface area contributed by atoms with Gasteiger partial charge in [0.2, 0.25) is 5.91 Å². The van der Waals surface area contributed by atoms with E-state index in [0.29, 0.717) is 22.9 Å². The molecule has 7 heteroatoms. The van der Waals surface area contributed by atoms with Gasteiger partial charge in [-0.05, 0) is 56.2 Å². The number of carbonyl (C=O) groups is 2. The number of aromatic nitrogens is 3. The predicted molar refractivity (Wildman–Crippen MR) is 103 cm³/mol. The monoisotopic (exact) mass is 363 g/mol. The van der Waals surface area contributed by atoms with E-state index in [-0.39, 0.29) is 18.4 Å². The van der Waals surface area contributed by atoms with Gasteiger partial charge in [0, 0.05) is 16.8 Å². The van der Waals surface area contributed by atoms with Crippen molar-refractivity contribution in [3.05, 3.63) is 65.0 Å². The van der Waals surface area contributed by atoms with Gasteiger partial charge in [-0.15, -0.1) is 0 Å². The van der Waals surface area contributed by atoms with Crippen LogP contribution < -0.4 is 10.6 Å². The third kappa shape index (κ3) is 4.58. The number of hydrogen-bond acceptors (Lipinski definition) is 4. The topological polar surface area (TPSA) is 99.8 Å². The van der Waals surface area contributed by atoms with Gasteiger partial charge in [-0.25, -0.2) is 4.98 Å². The third-order valence-electron chi connectivity index (χ3n) is 4.18. The fraction of sp³-hybridized carbons (Fsp3) is 0.200. The largest absolute Gasteiger partial charge is 0.343 e. The Bertz CT molecular complexity index is 994. The standard InChI is InChI=1S/C20H21N5O2/c1-12-7-8-16(9-13(12)2)20(27)21-11-18(26)23-17-6-4-5-15(10-17)19-22-14(3)24-25-19/h4-10H,11H2,1-3H3,(H,21,27)(H,23,26)(H,22,24,25). The fourth-order valence-electron chi connectivity index (χ4n) is 2.56. The summed E-state index contributed by atoms with van der Waals surface area (Å²) < 4.78 is 0. The van der Waals surface area contributed by atoms with Crippen molar-refractivity contribution in [2.75, 3.05) is 11.9 Å². The third-order valence-corrected chi connectivity index (χ3v) is 4.18. The first-order chi connectivity index (χ1) is 12.9. The summed E-state index contributed by atoms with van der Waals surface area (Å²) in [6.45, 7) is 5.63. The van der Waals surface area contributed by atoms with E-state index in [4.69, 9.17) is 0 Å². The highest BCUT2D eigenvalue weighted by Crippen LogP contribution is 2.19. The number of anilines is 1. The number of benzene rings is 2. The summed E-state index contributed by atoms with van der Waals surface area (Å²) in [5.74, 6) is 0.689. The number of aromatic amines is 1. The van der Waals surface area contributed by atoms with Gasteiger partial charge in [-0.1, -0.05) is 18.2 Å². The highest BCUT2D eigenvalue weighted by atomic mass is 16.2. The molecule has 0 fully saturated rings. The van der Waals surface area contributed by atoms with Crippen molar-refractivity contribution in [3.63, 3.8) is 0 Å². The van der Waals surface area contributed by atoms with Gasteiger partial charge in [-0.2, -0.15) is 5.10 Å². The van der Waals surface area contributed by atoms with Gasteiger partial charge in [0.15, 0.2) is 5.82 Å². The molecule has 1 heterocycles. The highest BCUT2D eigenvalue weighted by Gasteiger charge is 2.10. The zero-order valence-electron chi connectivity index (χ0n) is 15.5. The SMILES string of the molecule is Cc1nc(-c2cccc(NC(=O)CNC(=O)c3ccc(C)c(C)c3)c2)n[nH]1. The van der Waals surface area contributed by atoms with E-state index in [0.717, 1.165) is 16.7 Å². The Morgan fingerprint density at radius 3 is 2.56 bits per heavy atom. The van der Waals surface area contributed by atoms with E-state index in [2.05, 4.69) is 25.8 Å². The Hall–Kier alpha value is -3.48. The lowest BCUT2D eigenvalue weighted by atomic mass is 10.1. The maximum atomic E-state index is 12.2. The highest BCUT2D eigenvalue weighted by molar-refractivity contribution is 5.99. The number of nitrogens with one attached hydrogen (secondary N) is 3. The molecule has 27 heavy (non-hydrogen) atoms. The molecule has 0 aliphatic rings. The Labute approximate surface area is 157 Å². The summed E-state index contributed by atoms with van der Waals surface area (Å²) in [5, 5.41) is 12.3. The van der Waals surface area contributed by atoms with Gasteiger partial charge in [0.05, 0.1) is 6.54 Å². The van der Waals surface area contributed by atoms with Crippen LogP contribution >= 0.6 is 0 Å². The fourth-order valence-corrected chi connectivity index (χ4v) is 2.56. The van der Waals surface area contributed by atoms with Gasteiger partial charge in [0.25, 0.3) is 5.91 Å². The Morgan fingerprint density at radius 1 is 1.04 bits per heavy atom. The molecule has 3 N–H and O–H groups in total. The maximum absolute atomic E-state index is 12.2. The van der Waals surface area contributed by atoms with Crippen LogP contribution in [0.5, 0.6) is 0 Å². The number of rotatable bonds is 5. The molecule has 3 rings (SSSR count). The molecule has 1 aromatic heterocycles. The average Bonchev–Trinajstić information content (AvgIpc) is 3.08. The van der Waals surface area contributed by atoms with E-state index in [9.17, 15) is 9.59 Å². The van der Waals surface area contributed by atoms with E-state index in [1.54, 1.807) is 18.2 Å². The normalized spacial score (nSPS) is 10.5. The van der Waals surface area contributed by atoms with Crippen LogP contribution in [0.25, 0.3) is 11.4 Å². The van der Waals surface area contributed by atoms with Crippen molar-refractivity contribution >= 4 is 17.5 Å². The Balaban J connectivity index is 1.59. The molecule has 138 valence electrons. The molecule has 7 nitrogen and oxygen atoms in total. The first kappa shape index (κ1) is 18.3. The lowest BCUT2D eigenvalue weighted by Crippen LogP contribution is -2.32. The minimum Gasteiger partial charge on any atom is -0.343 e. The average molecular weight is 363 g/mol. The maximum Gasteiger partial charge on any atom is 0.251 e. The molecule has 0 unspecified atom stereocenters. The van der Waals surface area contributed by atoms with Crippen LogP contribution in [0.3, 0.4) is 0 Å². The molecule has 0 aliphatic heterocycles. The van der Waals surface area contributed by atoms with Crippen molar-refractivity contribution in [1.82, 2.24) is 20.5 Å². The molecule has 0 saturated heterocycles. The van der Waals surface area contributed by atoms with E-state index in [1.165, 1.54) is 0 Å². The molecule has 3 aromatic rings. The minimum atomic E-state index is -0.310. The second-order valence-electron chi connectivity index (χ2n) is 6.36. The summed E-state index contributed by atoms with van der Waals surface area (Å²) in [6, 6.07) is 12.7. The Kier molecular flexibility index (Phi) is 5.30. The molecule has 2 amide bonds. The molecule has 0 aliphatic carbocycles. The van der Waals surface area contributed by atoms with Crippen LogP contribution in [0.15, 0.2) is 42.5 Å². The van der Waals surface area contributed by atoms with Crippen molar-refractivity contribution in [3.8, 4) is 11.4 Å². The van der Waals surface area contributed by atoms with Gasteiger partial charge >= 0.3 is 0 Å². The van der Waals surface area contributed by atoms with Crippen molar-refractivity contribution in [2.45, 2.75) is 20.8 Å². The summed E-state index contributed by atoms with van der Waals surface area (Å²) >= 11 is 0. The van der Waals surface area contributed by atoms with Gasteiger partial charge in [0.1, 0.15) is 5.82 Å². The Morgan fingerprint density at radius 2 is 1.85 bits per heavy atom. The lowest BCUT2D eigenvalue weighted by molar-refractivity contribution is -0.115. The smallest absolute Gasteiger partial charge is 0.251 e. The summed E-state index contributed by atoms with van der Waals surface area (Å²) in [5.41, 5.74) is 4.08. The second-order valence-corrected chi connectivity index (χ2v) is 6.36. The predicted octanol–water partition coefficient (Wildman–Crippen LogP) is 2.77. The number of carbonyl (C=O) groups excluding carboxylic acids is 2. The van der Waals surface area contributed by atoms with Crippen LogP contribution in [0, 0.1) is 20.8 Å². The number of H-pyrrole nitrogens is 1. The van der Waals surface area contributed by atoms with E-state index >= 15 is 0 Å². The van der Waals surface area contributed by atoms with Crippen LogP contribution in [-0.2, 0) is 4.79 Å². The van der Waals surface area contributed by atoms with Crippen LogP contribution in [0.4, 0.5) is 5.69 Å². The molecular formula is C20H21N5O2. The van der Waals surface area contributed by atoms with Crippen LogP contribution in [-0.4, -0.2) is 33.5 Å². The van der Waals surface area contributed by atoms with Crippen molar-refractivity contribution < 1.29 is 9.59 Å². The van der Waals surface area contributed by atoms with Gasteiger partial charge in [-0.3, -0.25) is 14.7 Å². The lowest BCUT2D eigenvalue weighted by Gasteiger charge is -2.09. The second kappa shape index (κ2) is 7.82. The molecular weight excluding hydrogens is 342 g/mol. The number of hydrogen-bond donors (Lipinski definition) is 3. The molecule has 0 atom stereocenters. The number of amides is 2. The van der Waals surface area contributed by atoms with E-state index in [1.807, 2.05) is 45.0 Å². The molecule has 0 bridgehead atoms. The van der Waals surface area contributed by atoms with Crippen molar-refractivity contribution in [2.24, 2.45) is 0 Å². The molecule has 0 radical (unpaired) electrons. The number of aryl methyl sites for hydroxylation is 3. The summed E-state index contributed by atoms with van der Waals surface area (Å²) in [6.07, 6.45) is 0. The molecule has 2 aromatic carbocycles. The van der Waals surface area contributed by atoms with Crippen LogP contribution in [0.2, 0.25) is 0 Å².